The van der Waals surface area contributed by atoms with Gasteiger partial charge in [0, 0.05) is 12.0 Å². The average molecular weight is 197 g/mol. The minimum Gasteiger partial charge on any atom is -0.475 e. The van der Waals surface area contributed by atoms with E-state index in [2.05, 4.69) is 5.32 Å². The molecule has 5 nitrogen and oxygen atoms in total. The lowest BCUT2D eigenvalue weighted by molar-refractivity contribution is -0.119. The fourth-order valence-electron chi connectivity index (χ4n) is 0.786. The second-order valence-corrected chi connectivity index (χ2v) is 3.11. The molecule has 0 saturated heterocycles. The van der Waals surface area contributed by atoms with Crippen molar-refractivity contribution in [1.29, 1.82) is 0 Å². The second kappa shape index (κ2) is 3.95. The van der Waals surface area contributed by atoms with E-state index in [0.717, 1.165) is 0 Å². The number of amides is 1. The quantitative estimate of drug-likeness (QED) is 0.770. The van der Waals surface area contributed by atoms with Crippen LogP contribution in [0.1, 0.15) is 24.4 Å². The molecule has 2 N–H and O–H groups in total. The first-order valence-electron chi connectivity index (χ1n) is 4.14. The van der Waals surface area contributed by atoms with Crippen molar-refractivity contribution in [3.05, 3.63) is 17.9 Å². The first-order valence-corrected chi connectivity index (χ1v) is 4.14. The molecule has 1 rings (SSSR count). The maximum Gasteiger partial charge on any atom is 0.371 e. The number of carboxylic acid groups (broad SMARTS) is 1. The number of nitrogens with one attached hydrogen (secondary N) is 1. The third kappa shape index (κ3) is 2.35. The monoisotopic (exact) mass is 197 g/mol. The van der Waals surface area contributed by atoms with E-state index in [-0.39, 0.29) is 23.5 Å². The predicted molar refractivity (Wildman–Crippen MR) is 49.1 cm³/mol. The standard InChI is InChI=1S/C9H11NO4/c1-5(2)8(11)10-7-4-3-6(14-7)9(12)13/h3-5H,1-2H3,(H,10,11)(H,12,13). The lowest BCUT2D eigenvalue weighted by atomic mass is 10.2. The number of carboxylic acids is 1. The third-order valence-electron chi connectivity index (χ3n) is 1.59. The van der Waals surface area contributed by atoms with E-state index in [4.69, 9.17) is 9.52 Å². The topological polar surface area (TPSA) is 79.5 Å². The van der Waals surface area contributed by atoms with Crippen LogP contribution in [0, 0.1) is 5.92 Å². The highest BCUT2D eigenvalue weighted by Gasteiger charge is 2.12. The molecule has 0 atom stereocenters. The van der Waals surface area contributed by atoms with Crippen LogP contribution in [0.4, 0.5) is 5.88 Å². The summed E-state index contributed by atoms with van der Waals surface area (Å²) in [6, 6.07) is 2.70. The normalized spacial score (nSPS) is 10.2. The average Bonchev–Trinajstić information content (AvgIpc) is 2.52. The van der Waals surface area contributed by atoms with Gasteiger partial charge in [-0.05, 0) is 6.07 Å². The summed E-state index contributed by atoms with van der Waals surface area (Å²) in [6.45, 7) is 3.47. The number of carbonyl (C=O) groups excluding carboxylic acids is 1. The van der Waals surface area contributed by atoms with Crippen molar-refractivity contribution in [2.75, 3.05) is 5.32 Å². The zero-order chi connectivity index (χ0) is 10.7. The van der Waals surface area contributed by atoms with Gasteiger partial charge in [-0.1, -0.05) is 13.8 Å². The van der Waals surface area contributed by atoms with Crippen LogP contribution < -0.4 is 5.32 Å². The number of carbonyl (C=O) groups is 2. The van der Waals surface area contributed by atoms with E-state index in [9.17, 15) is 9.59 Å². The van der Waals surface area contributed by atoms with E-state index in [1.165, 1.54) is 12.1 Å². The number of aromatic carboxylic acids is 1. The summed E-state index contributed by atoms with van der Waals surface area (Å²) in [5, 5.41) is 11.0. The Balaban J connectivity index is 2.69. The van der Waals surface area contributed by atoms with Crippen molar-refractivity contribution in [2.45, 2.75) is 13.8 Å². The van der Waals surface area contributed by atoms with Crippen LogP contribution in [0.2, 0.25) is 0 Å². The highest BCUT2D eigenvalue weighted by Crippen LogP contribution is 2.13. The van der Waals surface area contributed by atoms with Gasteiger partial charge in [0.15, 0.2) is 0 Å². The van der Waals surface area contributed by atoms with Gasteiger partial charge in [0.2, 0.25) is 17.6 Å². The Morgan fingerprint density at radius 3 is 2.50 bits per heavy atom. The Kier molecular flexibility index (Phi) is 2.91. The number of hydrogen-bond acceptors (Lipinski definition) is 3. The molecule has 1 amide bonds. The molecule has 0 bridgehead atoms. The molecule has 0 unspecified atom stereocenters. The summed E-state index contributed by atoms with van der Waals surface area (Å²) in [5.74, 6) is -1.58. The fraction of sp³-hybridized carbons (Fsp3) is 0.333. The van der Waals surface area contributed by atoms with E-state index >= 15 is 0 Å². The van der Waals surface area contributed by atoms with Gasteiger partial charge >= 0.3 is 5.97 Å². The summed E-state index contributed by atoms with van der Waals surface area (Å²) in [6.07, 6.45) is 0. The van der Waals surface area contributed by atoms with Gasteiger partial charge in [-0.15, -0.1) is 0 Å². The molecule has 14 heavy (non-hydrogen) atoms. The second-order valence-electron chi connectivity index (χ2n) is 3.11. The molecule has 1 heterocycles. The highest BCUT2D eigenvalue weighted by molar-refractivity contribution is 5.91. The van der Waals surface area contributed by atoms with Crippen LogP contribution in [0.25, 0.3) is 0 Å². The van der Waals surface area contributed by atoms with Gasteiger partial charge in [0.25, 0.3) is 0 Å². The minimum atomic E-state index is -1.16. The lowest BCUT2D eigenvalue weighted by Crippen LogP contribution is -2.17. The molecule has 0 aromatic carbocycles. The van der Waals surface area contributed by atoms with Gasteiger partial charge < -0.3 is 9.52 Å². The molecule has 0 saturated carbocycles. The van der Waals surface area contributed by atoms with E-state index < -0.39 is 5.97 Å². The Bertz CT molecular complexity index is 353. The van der Waals surface area contributed by atoms with Crippen LogP contribution in [0.15, 0.2) is 16.5 Å². The van der Waals surface area contributed by atoms with Gasteiger partial charge in [-0.2, -0.15) is 0 Å². The van der Waals surface area contributed by atoms with Gasteiger partial charge in [-0.25, -0.2) is 4.79 Å². The van der Waals surface area contributed by atoms with Crippen molar-refractivity contribution < 1.29 is 19.1 Å². The zero-order valence-electron chi connectivity index (χ0n) is 7.90. The van der Waals surface area contributed by atoms with E-state index in [1.54, 1.807) is 13.8 Å². The lowest BCUT2D eigenvalue weighted by Gasteiger charge is -2.03. The molecular weight excluding hydrogens is 186 g/mol. The molecule has 5 heteroatoms. The molecule has 0 aliphatic carbocycles. The van der Waals surface area contributed by atoms with Crippen molar-refractivity contribution in [2.24, 2.45) is 5.92 Å². The summed E-state index contributed by atoms with van der Waals surface area (Å²) < 4.78 is 4.83. The third-order valence-corrected chi connectivity index (χ3v) is 1.59. The molecule has 0 radical (unpaired) electrons. The molecular formula is C9H11NO4. The number of rotatable bonds is 3. The summed E-state index contributed by atoms with van der Waals surface area (Å²) in [7, 11) is 0. The zero-order valence-corrected chi connectivity index (χ0v) is 7.90. The van der Waals surface area contributed by atoms with Crippen molar-refractivity contribution in [3.8, 4) is 0 Å². The Labute approximate surface area is 80.7 Å². The highest BCUT2D eigenvalue weighted by atomic mass is 16.4. The minimum absolute atomic E-state index is 0.154. The Hall–Kier alpha value is -1.78. The smallest absolute Gasteiger partial charge is 0.371 e. The number of furan rings is 1. The molecule has 0 fully saturated rings. The van der Waals surface area contributed by atoms with Crippen LogP contribution in [-0.4, -0.2) is 17.0 Å². The number of hydrogen-bond donors (Lipinski definition) is 2. The van der Waals surface area contributed by atoms with Crippen LogP contribution in [-0.2, 0) is 4.79 Å². The van der Waals surface area contributed by atoms with Crippen LogP contribution in [0.3, 0.4) is 0 Å². The predicted octanol–water partition coefficient (Wildman–Crippen LogP) is 1.57. The first kappa shape index (κ1) is 10.3. The van der Waals surface area contributed by atoms with Crippen molar-refractivity contribution >= 4 is 17.8 Å². The van der Waals surface area contributed by atoms with Crippen molar-refractivity contribution in [1.82, 2.24) is 0 Å². The van der Waals surface area contributed by atoms with Crippen LogP contribution in [0.5, 0.6) is 0 Å². The largest absolute Gasteiger partial charge is 0.475 e. The Morgan fingerprint density at radius 2 is 2.07 bits per heavy atom. The van der Waals surface area contributed by atoms with Crippen molar-refractivity contribution in [3.63, 3.8) is 0 Å². The number of anilines is 1. The molecule has 1 aromatic rings. The van der Waals surface area contributed by atoms with E-state index in [1.807, 2.05) is 0 Å². The summed E-state index contributed by atoms with van der Waals surface area (Å²) >= 11 is 0. The first-order chi connectivity index (χ1) is 6.50. The van der Waals surface area contributed by atoms with E-state index in [0.29, 0.717) is 0 Å². The Morgan fingerprint density at radius 1 is 1.43 bits per heavy atom. The molecule has 0 aliphatic rings. The van der Waals surface area contributed by atoms with Gasteiger partial charge in [0.05, 0.1) is 0 Å². The SMILES string of the molecule is CC(C)C(=O)Nc1ccc(C(=O)O)o1. The summed E-state index contributed by atoms with van der Waals surface area (Å²) in [4.78, 5) is 21.6. The molecule has 0 aliphatic heterocycles. The summed E-state index contributed by atoms with van der Waals surface area (Å²) in [5.41, 5.74) is 0. The maximum absolute atomic E-state index is 11.2. The molecule has 1 aromatic heterocycles. The van der Waals surface area contributed by atoms with Gasteiger partial charge in [-0.3, -0.25) is 10.1 Å². The van der Waals surface area contributed by atoms with Gasteiger partial charge in [0.1, 0.15) is 0 Å². The molecule has 0 spiro atoms. The molecule has 76 valence electrons. The fourth-order valence-corrected chi connectivity index (χ4v) is 0.786. The van der Waals surface area contributed by atoms with Crippen LogP contribution >= 0.6 is 0 Å². The maximum atomic E-state index is 11.2.